The molecular weight excluding hydrogens is 356 g/mol. The Hall–Kier alpha value is -1.29. The topological polar surface area (TPSA) is 35.5 Å². The van der Waals surface area contributed by atoms with Crippen molar-refractivity contribution in [2.24, 2.45) is 0 Å². The third-order valence-electron chi connectivity index (χ3n) is 2.94. The highest BCUT2D eigenvalue weighted by molar-refractivity contribution is 5.60. The van der Waals surface area contributed by atoms with Crippen LogP contribution in [0.5, 0.6) is 0 Å². The van der Waals surface area contributed by atoms with E-state index in [2.05, 4.69) is 9.47 Å². The highest BCUT2D eigenvalue weighted by atomic mass is 19.3. The second kappa shape index (κ2) is 8.19. The van der Waals surface area contributed by atoms with Crippen LogP contribution in [-0.4, -0.2) is 43.1 Å². The first-order valence-electron chi connectivity index (χ1n) is 7.03. The van der Waals surface area contributed by atoms with Gasteiger partial charge in [-0.3, -0.25) is 0 Å². The van der Waals surface area contributed by atoms with Gasteiger partial charge < -0.3 is 9.47 Å². The van der Waals surface area contributed by atoms with Crippen LogP contribution in [0, 0.1) is 0 Å². The molecule has 0 N–H and O–H groups in total. The Morgan fingerprint density at radius 3 is 1.21 bits per heavy atom. The van der Waals surface area contributed by atoms with Crippen LogP contribution in [0.4, 0.5) is 39.9 Å². The zero-order valence-electron chi connectivity index (χ0n) is 13.0. The van der Waals surface area contributed by atoms with Crippen molar-refractivity contribution in [1.82, 2.24) is 0 Å². The number of ether oxygens (including phenoxy) is 2. The van der Waals surface area contributed by atoms with Crippen molar-refractivity contribution in [3.63, 3.8) is 0 Å². The summed E-state index contributed by atoms with van der Waals surface area (Å²) in [6.45, 7) is -1.82. The van der Waals surface area contributed by atoms with Crippen molar-refractivity contribution >= 4 is 6.16 Å². The van der Waals surface area contributed by atoms with Crippen LogP contribution in [0.15, 0.2) is 0 Å². The summed E-state index contributed by atoms with van der Waals surface area (Å²) < 4.78 is 112. The molecule has 0 aliphatic heterocycles. The molecule has 3 nitrogen and oxygen atoms in total. The standard InChI is InChI=1S/C13H18F8O3/c1-3-5-10(14,15)12(18,19)7-23-9(22)24-8-13(20,21)11(16,17)6-4-2/h3-8H2,1-2H3. The summed E-state index contributed by atoms with van der Waals surface area (Å²) in [7, 11) is 0. The molecule has 0 saturated carbocycles. The third kappa shape index (κ3) is 5.97. The molecule has 0 aliphatic rings. The van der Waals surface area contributed by atoms with Crippen molar-refractivity contribution < 1.29 is 49.4 Å². The van der Waals surface area contributed by atoms with Crippen LogP contribution >= 0.6 is 0 Å². The summed E-state index contributed by atoms with van der Waals surface area (Å²) in [6.07, 6.45) is -5.13. The van der Waals surface area contributed by atoms with Gasteiger partial charge in [0.05, 0.1) is 0 Å². The van der Waals surface area contributed by atoms with Gasteiger partial charge in [0, 0.05) is 12.8 Å². The van der Waals surface area contributed by atoms with Gasteiger partial charge in [0.25, 0.3) is 0 Å². The summed E-state index contributed by atoms with van der Waals surface area (Å²) in [5, 5.41) is 0. The molecule has 0 saturated heterocycles. The predicted molar refractivity (Wildman–Crippen MR) is 66.9 cm³/mol. The first kappa shape index (κ1) is 22.7. The maximum Gasteiger partial charge on any atom is 0.508 e. The molecular formula is C13H18F8O3. The van der Waals surface area contributed by atoms with Crippen LogP contribution in [0.3, 0.4) is 0 Å². The van der Waals surface area contributed by atoms with E-state index < -0.39 is 55.9 Å². The molecule has 0 aromatic carbocycles. The molecule has 0 bridgehead atoms. The molecule has 0 aliphatic carbocycles. The van der Waals surface area contributed by atoms with Crippen molar-refractivity contribution in [2.45, 2.75) is 63.2 Å². The second-order valence-electron chi connectivity index (χ2n) is 5.15. The van der Waals surface area contributed by atoms with Gasteiger partial charge in [-0.15, -0.1) is 0 Å². The highest BCUT2D eigenvalue weighted by Crippen LogP contribution is 2.39. The molecule has 0 aromatic rings. The van der Waals surface area contributed by atoms with E-state index >= 15 is 0 Å². The average molecular weight is 374 g/mol. The number of alkyl halides is 8. The lowest BCUT2D eigenvalue weighted by Crippen LogP contribution is -2.46. The largest absolute Gasteiger partial charge is 0.508 e. The maximum absolute atomic E-state index is 13.2. The molecule has 0 atom stereocenters. The van der Waals surface area contributed by atoms with E-state index in [-0.39, 0.29) is 12.8 Å². The number of rotatable bonds is 10. The van der Waals surface area contributed by atoms with Gasteiger partial charge in [-0.2, -0.15) is 35.1 Å². The molecule has 0 heterocycles. The molecule has 0 rings (SSSR count). The molecule has 144 valence electrons. The molecule has 0 aromatic heterocycles. The Morgan fingerprint density at radius 2 is 0.958 bits per heavy atom. The van der Waals surface area contributed by atoms with E-state index in [1.165, 1.54) is 13.8 Å². The molecule has 0 amide bonds. The SMILES string of the molecule is CCCC(F)(F)C(F)(F)COC(=O)OCC(F)(F)C(F)(F)CCC. The molecule has 0 radical (unpaired) electrons. The van der Waals surface area contributed by atoms with Gasteiger partial charge in [0.15, 0.2) is 13.2 Å². The number of hydrogen-bond donors (Lipinski definition) is 0. The van der Waals surface area contributed by atoms with E-state index in [0.717, 1.165) is 0 Å². The Balaban J connectivity index is 4.56. The fraction of sp³-hybridized carbons (Fsp3) is 0.923. The average Bonchev–Trinajstić information content (AvgIpc) is 2.42. The lowest BCUT2D eigenvalue weighted by atomic mass is 10.1. The lowest BCUT2D eigenvalue weighted by Gasteiger charge is -2.27. The number of carbonyl (C=O) groups is 1. The summed E-state index contributed by atoms with van der Waals surface area (Å²) in [5.74, 6) is -18.5. The van der Waals surface area contributed by atoms with E-state index in [4.69, 9.17) is 0 Å². The third-order valence-corrected chi connectivity index (χ3v) is 2.94. The number of hydrogen-bond acceptors (Lipinski definition) is 3. The minimum Gasteiger partial charge on any atom is -0.428 e. The zero-order chi connectivity index (χ0) is 19.2. The van der Waals surface area contributed by atoms with Gasteiger partial charge in [0.2, 0.25) is 0 Å². The monoisotopic (exact) mass is 374 g/mol. The van der Waals surface area contributed by atoms with Crippen LogP contribution in [0.25, 0.3) is 0 Å². The maximum atomic E-state index is 13.2. The first-order valence-corrected chi connectivity index (χ1v) is 7.03. The summed E-state index contributed by atoms with van der Waals surface area (Å²) in [6, 6.07) is 0. The van der Waals surface area contributed by atoms with Crippen LogP contribution in [-0.2, 0) is 9.47 Å². The predicted octanol–water partition coefficient (Wildman–Crippen LogP) is 5.28. The second-order valence-corrected chi connectivity index (χ2v) is 5.15. The van der Waals surface area contributed by atoms with Gasteiger partial charge in [-0.05, 0) is 0 Å². The van der Waals surface area contributed by atoms with Crippen LogP contribution < -0.4 is 0 Å². The van der Waals surface area contributed by atoms with Crippen LogP contribution in [0.1, 0.15) is 39.5 Å². The first-order chi connectivity index (χ1) is 10.7. The summed E-state index contributed by atoms with van der Waals surface area (Å²) >= 11 is 0. The van der Waals surface area contributed by atoms with E-state index in [9.17, 15) is 39.9 Å². The minimum absolute atomic E-state index is 0.286. The smallest absolute Gasteiger partial charge is 0.428 e. The van der Waals surface area contributed by atoms with E-state index in [0.29, 0.717) is 0 Å². The minimum atomic E-state index is -4.75. The Bertz CT molecular complexity index is 376. The van der Waals surface area contributed by atoms with Gasteiger partial charge in [-0.1, -0.05) is 26.7 Å². The fourth-order valence-corrected chi connectivity index (χ4v) is 1.55. The molecule has 24 heavy (non-hydrogen) atoms. The summed E-state index contributed by atoms with van der Waals surface area (Å²) in [4.78, 5) is 10.9. The Labute approximate surface area is 133 Å². The fourth-order valence-electron chi connectivity index (χ4n) is 1.55. The zero-order valence-corrected chi connectivity index (χ0v) is 13.0. The highest BCUT2D eigenvalue weighted by Gasteiger charge is 2.57. The number of halogens is 8. The molecule has 0 spiro atoms. The van der Waals surface area contributed by atoms with Crippen molar-refractivity contribution in [3.8, 4) is 0 Å². The molecule has 0 unspecified atom stereocenters. The quantitative estimate of drug-likeness (QED) is 0.386. The summed E-state index contributed by atoms with van der Waals surface area (Å²) in [5.41, 5.74) is 0. The van der Waals surface area contributed by atoms with E-state index in [1.54, 1.807) is 0 Å². The van der Waals surface area contributed by atoms with Gasteiger partial charge in [0.1, 0.15) is 0 Å². The van der Waals surface area contributed by atoms with Crippen molar-refractivity contribution in [2.75, 3.05) is 13.2 Å². The Kier molecular flexibility index (Phi) is 7.75. The molecule has 11 heteroatoms. The van der Waals surface area contributed by atoms with Gasteiger partial charge >= 0.3 is 29.8 Å². The van der Waals surface area contributed by atoms with Gasteiger partial charge in [-0.25, -0.2) is 4.79 Å². The van der Waals surface area contributed by atoms with Crippen LogP contribution in [0.2, 0.25) is 0 Å². The normalized spacial score (nSPS) is 13.8. The van der Waals surface area contributed by atoms with Crippen molar-refractivity contribution in [3.05, 3.63) is 0 Å². The van der Waals surface area contributed by atoms with Crippen molar-refractivity contribution in [1.29, 1.82) is 0 Å². The molecule has 0 fully saturated rings. The number of carbonyl (C=O) groups excluding carboxylic acids is 1. The Morgan fingerprint density at radius 1 is 0.667 bits per heavy atom. The lowest BCUT2D eigenvalue weighted by molar-refractivity contribution is -0.239. The van der Waals surface area contributed by atoms with E-state index in [1.807, 2.05) is 0 Å².